The van der Waals surface area contributed by atoms with Crippen molar-refractivity contribution >= 4 is 0 Å². The Kier molecular flexibility index (Phi) is 4.57. The number of allylic oxidation sites excluding steroid dienone is 1. The van der Waals surface area contributed by atoms with Crippen LogP contribution in [0.4, 0.5) is 0 Å². The van der Waals surface area contributed by atoms with E-state index >= 15 is 0 Å². The van der Waals surface area contributed by atoms with Crippen LogP contribution in [0.15, 0.2) is 42.0 Å². The maximum Gasteiger partial charge on any atom is 0.0245 e. The first kappa shape index (κ1) is 12.0. The maximum absolute atomic E-state index is 3.25. The molecule has 82 valence electrons. The van der Waals surface area contributed by atoms with Gasteiger partial charge in [0, 0.05) is 6.04 Å². The Balaban J connectivity index is 2.74. The summed E-state index contributed by atoms with van der Waals surface area (Å²) in [7, 11) is 2.00. The highest BCUT2D eigenvalue weighted by molar-refractivity contribution is 5.25. The second kappa shape index (κ2) is 5.72. The zero-order valence-electron chi connectivity index (χ0n) is 10.1. The van der Waals surface area contributed by atoms with Crippen LogP contribution in [0.25, 0.3) is 0 Å². The van der Waals surface area contributed by atoms with Crippen molar-refractivity contribution in [3.05, 3.63) is 47.5 Å². The molecular formula is C14H21N. The topological polar surface area (TPSA) is 12.0 Å². The Hall–Kier alpha value is -1.08. The van der Waals surface area contributed by atoms with Gasteiger partial charge in [0.15, 0.2) is 0 Å². The standard InChI is InChI=1S/C14H21N/c1-11(13(3)15-4)10-12(2)14-8-6-5-7-9-14/h5-10,12-13,15H,1-4H3/b11-10+. The van der Waals surface area contributed by atoms with E-state index in [1.54, 1.807) is 0 Å². The van der Waals surface area contributed by atoms with Crippen LogP contribution in [0.2, 0.25) is 0 Å². The molecule has 1 rings (SSSR count). The molecule has 15 heavy (non-hydrogen) atoms. The Bertz CT molecular complexity index is 313. The van der Waals surface area contributed by atoms with E-state index < -0.39 is 0 Å². The lowest BCUT2D eigenvalue weighted by molar-refractivity contribution is 0.685. The van der Waals surface area contributed by atoms with Crippen molar-refractivity contribution in [2.45, 2.75) is 32.7 Å². The van der Waals surface area contributed by atoms with Gasteiger partial charge in [-0.1, -0.05) is 48.9 Å². The molecular weight excluding hydrogens is 182 g/mol. The van der Waals surface area contributed by atoms with Gasteiger partial charge >= 0.3 is 0 Å². The third-order valence-electron chi connectivity index (χ3n) is 2.95. The highest BCUT2D eigenvalue weighted by Gasteiger charge is 2.05. The van der Waals surface area contributed by atoms with Crippen LogP contribution in [0, 0.1) is 0 Å². The summed E-state index contributed by atoms with van der Waals surface area (Å²) in [6.07, 6.45) is 2.33. The van der Waals surface area contributed by atoms with Gasteiger partial charge in [-0.05, 0) is 32.4 Å². The van der Waals surface area contributed by atoms with Crippen LogP contribution in [0.1, 0.15) is 32.3 Å². The SMILES string of the molecule is CNC(C)/C(C)=C/C(C)c1ccccc1. The van der Waals surface area contributed by atoms with E-state index in [0.717, 1.165) is 0 Å². The number of hydrogen-bond acceptors (Lipinski definition) is 1. The van der Waals surface area contributed by atoms with Crippen molar-refractivity contribution in [3.8, 4) is 0 Å². The molecule has 0 bridgehead atoms. The van der Waals surface area contributed by atoms with Crippen molar-refractivity contribution in [3.63, 3.8) is 0 Å². The minimum atomic E-state index is 0.455. The Morgan fingerprint density at radius 1 is 1.20 bits per heavy atom. The van der Waals surface area contributed by atoms with E-state index in [0.29, 0.717) is 12.0 Å². The van der Waals surface area contributed by atoms with Gasteiger partial charge in [0.25, 0.3) is 0 Å². The number of nitrogens with one attached hydrogen (secondary N) is 1. The van der Waals surface area contributed by atoms with Crippen molar-refractivity contribution in [1.82, 2.24) is 5.32 Å². The Morgan fingerprint density at radius 2 is 1.80 bits per heavy atom. The monoisotopic (exact) mass is 203 g/mol. The average Bonchev–Trinajstić information content (AvgIpc) is 2.29. The van der Waals surface area contributed by atoms with Crippen LogP contribution in [0.5, 0.6) is 0 Å². The molecule has 1 heteroatoms. The molecule has 0 radical (unpaired) electrons. The molecule has 1 nitrogen and oxygen atoms in total. The second-order valence-electron chi connectivity index (χ2n) is 4.12. The van der Waals surface area contributed by atoms with Gasteiger partial charge in [0.2, 0.25) is 0 Å². The Labute approximate surface area is 93.2 Å². The van der Waals surface area contributed by atoms with E-state index in [1.807, 2.05) is 7.05 Å². The summed E-state index contributed by atoms with van der Waals surface area (Å²) in [6.45, 7) is 6.60. The summed E-state index contributed by atoms with van der Waals surface area (Å²) in [5.74, 6) is 0.488. The van der Waals surface area contributed by atoms with E-state index in [1.165, 1.54) is 11.1 Å². The molecule has 2 unspecified atom stereocenters. The van der Waals surface area contributed by atoms with Crippen LogP contribution in [-0.2, 0) is 0 Å². The highest BCUT2D eigenvalue weighted by Crippen LogP contribution is 2.18. The summed E-state index contributed by atoms with van der Waals surface area (Å²) < 4.78 is 0. The van der Waals surface area contributed by atoms with Gasteiger partial charge in [0.05, 0.1) is 0 Å². The van der Waals surface area contributed by atoms with Crippen LogP contribution < -0.4 is 5.32 Å². The summed E-state index contributed by atoms with van der Waals surface area (Å²) in [6, 6.07) is 11.1. The molecule has 0 saturated carbocycles. The molecule has 1 aromatic carbocycles. The first-order chi connectivity index (χ1) is 7.15. The summed E-state index contributed by atoms with van der Waals surface area (Å²) in [5, 5.41) is 3.25. The van der Waals surface area contributed by atoms with Crippen molar-refractivity contribution in [1.29, 1.82) is 0 Å². The van der Waals surface area contributed by atoms with Gasteiger partial charge in [-0.2, -0.15) is 0 Å². The molecule has 1 N–H and O–H groups in total. The third kappa shape index (κ3) is 3.52. The van der Waals surface area contributed by atoms with Gasteiger partial charge < -0.3 is 5.32 Å². The summed E-state index contributed by atoms with van der Waals surface area (Å²) >= 11 is 0. The Morgan fingerprint density at radius 3 is 2.33 bits per heavy atom. The first-order valence-corrected chi connectivity index (χ1v) is 5.55. The molecule has 2 atom stereocenters. The molecule has 0 amide bonds. The van der Waals surface area contributed by atoms with E-state index in [-0.39, 0.29) is 0 Å². The fourth-order valence-corrected chi connectivity index (χ4v) is 1.62. The largest absolute Gasteiger partial charge is 0.314 e. The smallest absolute Gasteiger partial charge is 0.0245 e. The molecule has 0 heterocycles. The molecule has 0 aliphatic rings. The van der Waals surface area contributed by atoms with Gasteiger partial charge in [-0.15, -0.1) is 0 Å². The van der Waals surface area contributed by atoms with Crippen molar-refractivity contribution in [2.75, 3.05) is 7.05 Å². The number of likely N-dealkylation sites (N-methyl/N-ethyl adjacent to an activating group) is 1. The fourth-order valence-electron chi connectivity index (χ4n) is 1.62. The van der Waals surface area contributed by atoms with Crippen LogP contribution in [-0.4, -0.2) is 13.1 Å². The minimum absolute atomic E-state index is 0.455. The molecule has 0 aromatic heterocycles. The predicted octanol–water partition coefficient (Wildman–Crippen LogP) is 3.34. The first-order valence-electron chi connectivity index (χ1n) is 5.55. The van der Waals surface area contributed by atoms with Gasteiger partial charge in [-0.3, -0.25) is 0 Å². The lowest BCUT2D eigenvalue weighted by atomic mass is 9.97. The van der Waals surface area contributed by atoms with Crippen LogP contribution in [0.3, 0.4) is 0 Å². The zero-order valence-corrected chi connectivity index (χ0v) is 10.1. The summed E-state index contributed by atoms with van der Waals surface area (Å²) in [4.78, 5) is 0. The molecule has 0 fully saturated rings. The molecule has 0 aliphatic carbocycles. The second-order valence-corrected chi connectivity index (χ2v) is 4.12. The van der Waals surface area contributed by atoms with E-state index in [2.05, 4.69) is 62.5 Å². The predicted molar refractivity (Wildman–Crippen MR) is 67.1 cm³/mol. The lowest BCUT2D eigenvalue weighted by Crippen LogP contribution is -2.22. The number of hydrogen-bond donors (Lipinski definition) is 1. The van der Waals surface area contributed by atoms with Crippen molar-refractivity contribution < 1.29 is 0 Å². The molecule has 1 aromatic rings. The lowest BCUT2D eigenvalue weighted by Gasteiger charge is -2.14. The minimum Gasteiger partial charge on any atom is -0.314 e. The average molecular weight is 203 g/mol. The highest BCUT2D eigenvalue weighted by atomic mass is 14.9. The van der Waals surface area contributed by atoms with Gasteiger partial charge in [-0.25, -0.2) is 0 Å². The molecule has 0 saturated heterocycles. The molecule has 0 spiro atoms. The number of rotatable bonds is 4. The molecule has 0 aliphatic heterocycles. The van der Waals surface area contributed by atoms with E-state index in [4.69, 9.17) is 0 Å². The van der Waals surface area contributed by atoms with Gasteiger partial charge in [0.1, 0.15) is 0 Å². The quantitative estimate of drug-likeness (QED) is 0.740. The summed E-state index contributed by atoms with van der Waals surface area (Å²) in [5.41, 5.74) is 2.77. The van der Waals surface area contributed by atoms with Crippen molar-refractivity contribution in [2.24, 2.45) is 0 Å². The normalized spacial score (nSPS) is 16.1. The maximum atomic E-state index is 3.25. The zero-order chi connectivity index (χ0) is 11.3. The number of benzene rings is 1. The van der Waals surface area contributed by atoms with E-state index in [9.17, 15) is 0 Å². The van der Waals surface area contributed by atoms with Crippen LogP contribution >= 0.6 is 0 Å². The fraction of sp³-hybridized carbons (Fsp3) is 0.429. The third-order valence-corrected chi connectivity index (χ3v) is 2.95.